The Morgan fingerprint density at radius 2 is 1.67 bits per heavy atom. The van der Waals surface area contributed by atoms with Gasteiger partial charge >= 0.3 is 0 Å². The number of rotatable bonds is 3. The van der Waals surface area contributed by atoms with Gasteiger partial charge in [0.2, 0.25) is 0 Å². The molecule has 1 aliphatic heterocycles. The number of nitrogens with zero attached hydrogens (tertiary/aromatic N) is 1. The van der Waals surface area contributed by atoms with Gasteiger partial charge in [-0.25, -0.2) is 4.98 Å². The Kier molecular flexibility index (Phi) is 2.94. The molecule has 0 unspecified atom stereocenters. The molecular formula is C17H15N3O. The van der Waals surface area contributed by atoms with Crippen molar-refractivity contribution < 1.29 is 4.74 Å². The van der Waals surface area contributed by atoms with Gasteiger partial charge in [-0.05, 0) is 12.1 Å². The van der Waals surface area contributed by atoms with Crippen LogP contribution in [-0.2, 0) is 6.54 Å². The molecule has 0 saturated heterocycles. The molecule has 0 radical (unpaired) electrons. The topological polar surface area (TPSA) is 49.9 Å². The number of hydrogen-bond acceptors (Lipinski definition) is 3. The Balaban J connectivity index is 1.71. The standard InChI is InChI=1S/C17H15N3O/c1-3-7-15-13(5-1)17(19-10-12-9-18-11-20-12)14-6-2-4-8-16(14)21-15/h1-9,11,17,19H,10H2,(H,18,20). The van der Waals surface area contributed by atoms with Gasteiger partial charge in [-0.1, -0.05) is 36.4 Å². The van der Waals surface area contributed by atoms with Crippen molar-refractivity contribution in [3.05, 3.63) is 77.9 Å². The number of fused-ring (bicyclic) bond motifs is 2. The molecule has 0 fully saturated rings. The van der Waals surface area contributed by atoms with Crippen molar-refractivity contribution in [1.29, 1.82) is 0 Å². The molecule has 2 aromatic carbocycles. The number of para-hydroxylation sites is 2. The van der Waals surface area contributed by atoms with E-state index in [1.54, 1.807) is 6.33 Å². The first-order valence-corrected chi connectivity index (χ1v) is 6.98. The molecule has 1 aliphatic rings. The van der Waals surface area contributed by atoms with Gasteiger partial charge in [-0.3, -0.25) is 0 Å². The summed E-state index contributed by atoms with van der Waals surface area (Å²) in [5.74, 6) is 1.83. The largest absolute Gasteiger partial charge is 0.457 e. The highest BCUT2D eigenvalue weighted by atomic mass is 16.5. The van der Waals surface area contributed by atoms with Crippen molar-refractivity contribution in [2.24, 2.45) is 0 Å². The van der Waals surface area contributed by atoms with Gasteiger partial charge in [0, 0.05) is 29.6 Å². The number of ether oxygens (including phenoxy) is 1. The molecule has 0 aliphatic carbocycles. The molecule has 4 heteroatoms. The van der Waals surface area contributed by atoms with Crippen LogP contribution in [-0.4, -0.2) is 9.97 Å². The Morgan fingerprint density at radius 3 is 2.29 bits per heavy atom. The van der Waals surface area contributed by atoms with Crippen molar-refractivity contribution in [1.82, 2.24) is 15.3 Å². The zero-order valence-electron chi connectivity index (χ0n) is 11.4. The maximum atomic E-state index is 5.98. The molecule has 0 atom stereocenters. The smallest absolute Gasteiger partial charge is 0.132 e. The van der Waals surface area contributed by atoms with Crippen molar-refractivity contribution in [3.63, 3.8) is 0 Å². The molecule has 0 bridgehead atoms. The molecule has 4 rings (SSSR count). The lowest BCUT2D eigenvalue weighted by molar-refractivity contribution is 0.427. The van der Waals surface area contributed by atoms with Crippen LogP contribution in [0.5, 0.6) is 11.5 Å². The SMILES string of the molecule is c1ccc2c(c1)Oc1ccccc1C2NCc1cnc[nH]1. The van der Waals surface area contributed by atoms with Crippen LogP contribution in [0.2, 0.25) is 0 Å². The lowest BCUT2D eigenvalue weighted by atomic mass is 9.94. The van der Waals surface area contributed by atoms with Crippen LogP contribution < -0.4 is 10.1 Å². The third kappa shape index (κ3) is 2.19. The zero-order valence-corrected chi connectivity index (χ0v) is 11.4. The number of aromatic amines is 1. The molecule has 104 valence electrons. The molecule has 2 heterocycles. The molecule has 21 heavy (non-hydrogen) atoms. The molecule has 3 aromatic rings. The number of nitrogens with one attached hydrogen (secondary N) is 2. The summed E-state index contributed by atoms with van der Waals surface area (Å²) in [6.07, 6.45) is 3.53. The highest BCUT2D eigenvalue weighted by Gasteiger charge is 2.26. The summed E-state index contributed by atoms with van der Waals surface area (Å²) >= 11 is 0. The lowest BCUT2D eigenvalue weighted by Crippen LogP contribution is -2.25. The summed E-state index contributed by atoms with van der Waals surface area (Å²) < 4.78 is 5.98. The van der Waals surface area contributed by atoms with E-state index in [4.69, 9.17) is 4.74 Å². The van der Waals surface area contributed by atoms with E-state index in [2.05, 4.69) is 27.4 Å². The van der Waals surface area contributed by atoms with E-state index in [0.717, 1.165) is 34.9 Å². The second kappa shape index (κ2) is 5.07. The normalized spacial score (nSPS) is 13.3. The van der Waals surface area contributed by atoms with Crippen molar-refractivity contribution in [2.45, 2.75) is 12.6 Å². The van der Waals surface area contributed by atoms with Crippen LogP contribution in [0.25, 0.3) is 0 Å². The third-order valence-electron chi connectivity index (χ3n) is 3.73. The molecule has 0 amide bonds. The summed E-state index contributed by atoms with van der Waals surface area (Å²) in [5.41, 5.74) is 3.39. The van der Waals surface area contributed by atoms with Gasteiger partial charge in [0.25, 0.3) is 0 Å². The van der Waals surface area contributed by atoms with Gasteiger partial charge in [-0.2, -0.15) is 0 Å². The van der Waals surface area contributed by atoms with E-state index in [1.807, 2.05) is 42.6 Å². The molecular weight excluding hydrogens is 262 g/mol. The zero-order chi connectivity index (χ0) is 14.1. The molecule has 0 saturated carbocycles. The van der Waals surface area contributed by atoms with E-state index in [9.17, 15) is 0 Å². The predicted molar refractivity (Wildman–Crippen MR) is 80.2 cm³/mol. The van der Waals surface area contributed by atoms with E-state index in [-0.39, 0.29) is 6.04 Å². The third-order valence-corrected chi connectivity index (χ3v) is 3.73. The van der Waals surface area contributed by atoms with Crippen LogP contribution >= 0.6 is 0 Å². The van der Waals surface area contributed by atoms with Crippen molar-refractivity contribution in [3.8, 4) is 11.5 Å². The molecule has 1 aromatic heterocycles. The van der Waals surface area contributed by atoms with Crippen molar-refractivity contribution >= 4 is 0 Å². The Hall–Kier alpha value is -2.59. The monoisotopic (exact) mass is 277 g/mol. The van der Waals surface area contributed by atoms with Crippen molar-refractivity contribution in [2.75, 3.05) is 0 Å². The summed E-state index contributed by atoms with van der Waals surface area (Å²) in [6, 6.07) is 16.4. The van der Waals surface area contributed by atoms with Crippen LogP contribution in [0.3, 0.4) is 0 Å². The average Bonchev–Trinajstić information content (AvgIpc) is 3.05. The quantitative estimate of drug-likeness (QED) is 0.771. The van der Waals surface area contributed by atoms with Crippen LogP contribution in [0.4, 0.5) is 0 Å². The summed E-state index contributed by atoms with van der Waals surface area (Å²) in [6.45, 7) is 0.729. The Labute approximate surface area is 122 Å². The molecule has 0 spiro atoms. The number of H-pyrrole nitrogens is 1. The van der Waals surface area contributed by atoms with Gasteiger partial charge in [-0.15, -0.1) is 0 Å². The Bertz CT molecular complexity index is 707. The predicted octanol–water partition coefficient (Wildman–Crippen LogP) is 3.39. The first-order valence-electron chi connectivity index (χ1n) is 6.98. The fraction of sp³-hybridized carbons (Fsp3) is 0.118. The lowest BCUT2D eigenvalue weighted by Gasteiger charge is -2.28. The fourth-order valence-corrected chi connectivity index (χ4v) is 2.72. The van der Waals surface area contributed by atoms with E-state index in [1.165, 1.54) is 0 Å². The van der Waals surface area contributed by atoms with Crippen LogP contribution in [0.15, 0.2) is 61.1 Å². The van der Waals surface area contributed by atoms with Gasteiger partial charge in [0.1, 0.15) is 11.5 Å². The first-order chi connectivity index (χ1) is 10.4. The maximum absolute atomic E-state index is 5.98. The average molecular weight is 277 g/mol. The van der Waals surface area contributed by atoms with Crippen LogP contribution in [0.1, 0.15) is 22.9 Å². The summed E-state index contributed by atoms with van der Waals surface area (Å²) in [7, 11) is 0. The van der Waals surface area contributed by atoms with E-state index >= 15 is 0 Å². The van der Waals surface area contributed by atoms with Gasteiger partial charge in [0.15, 0.2) is 0 Å². The number of benzene rings is 2. The molecule has 4 nitrogen and oxygen atoms in total. The minimum absolute atomic E-state index is 0.120. The Morgan fingerprint density at radius 1 is 1.00 bits per heavy atom. The highest BCUT2D eigenvalue weighted by Crippen LogP contribution is 2.42. The maximum Gasteiger partial charge on any atom is 0.132 e. The second-order valence-electron chi connectivity index (χ2n) is 5.07. The van der Waals surface area contributed by atoms with Gasteiger partial charge < -0.3 is 15.0 Å². The minimum Gasteiger partial charge on any atom is -0.457 e. The summed E-state index contributed by atoms with van der Waals surface area (Å²) in [5, 5.41) is 3.59. The highest BCUT2D eigenvalue weighted by molar-refractivity contribution is 5.52. The number of hydrogen-bond donors (Lipinski definition) is 2. The van der Waals surface area contributed by atoms with Crippen LogP contribution in [0, 0.1) is 0 Å². The minimum atomic E-state index is 0.120. The van der Waals surface area contributed by atoms with E-state index in [0.29, 0.717) is 0 Å². The number of imidazole rings is 1. The fourth-order valence-electron chi connectivity index (χ4n) is 2.72. The second-order valence-corrected chi connectivity index (χ2v) is 5.07. The molecule has 2 N–H and O–H groups in total. The van der Waals surface area contributed by atoms with E-state index < -0.39 is 0 Å². The number of aromatic nitrogens is 2. The summed E-state index contributed by atoms with van der Waals surface area (Å²) in [4.78, 5) is 7.17. The van der Waals surface area contributed by atoms with Gasteiger partial charge in [0.05, 0.1) is 12.4 Å². The first kappa shape index (κ1) is 12.2.